The number of rotatable bonds is 13. The number of halogens is 5. The van der Waals surface area contributed by atoms with Gasteiger partial charge in [0.05, 0.1) is 16.1 Å². The number of anilines is 2. The van der Waals surface area contributed by atoms with Gasteiger partial charge in [0.2, 0.25) is 5.91 Å². The lowest BCUT2D eigenvalue weighted by atomic mass is 9.98. The first-order valence-corrected chi connectivity index (χ1v) is 29.0. The van der Waals surface area contributed by atoms with Gasteiger partial charge in [0, 0.05) is 43.8 Å². The molecule has 6 aromatic carbocycles. The molecule has 2 atom stereocenters. The molecule has 10 rings (SSSR count). The van der Waals surface area contributed by atoms with Gasteiger partial charge in [-0.05, 0) is 143 Å². The van der Waals surface area contributed by atoms with Gasteiger partial charge in [0.15, 0.2) is 15.9 Å². The average Bonchev–Trinajstić information content (AvgIpc) is 2.35. The number of nitrogens with two attached hydrogens (primary N) is 1. The summed E-state index contributed by atoms with van der Waals surface area (Å²) in [6.45, 7) is 6.98. The van der Waals surface area contributed by atoms with Crippen molar-refractivity contribution in [1.29, 1.82) is 10.8 Å². The van der Waals surface area contributed by atoms with E-state index in [-0.39, 0.29) is 42.8 Å². The predicted molar refractivity (Wildman–Crippen MR) is 334 cm³/mol. The van der Waals surface area contributed by atoms with Gasteiger partial charge in [-0.2, -0.15) is 0 Å². The highest BCUT2D eigenvalue weighted by molar-refractivity contribution is 7.15. The van der Waals surface area contributed by atoms with E-state index < -0.39 is 40.4 Å². The second kappa shape index (κ2) is 31.7. The highest BCUT2D eigenvalue weighted by Gasteiger charge is 2.31. The summed E-state index contributed by atoms with van der Waals surface area (Å²) in [7, 11) is 0. The van der Waals surface area contributed by atoms with E-state index in [0.717, 1.165) is 55.6 Å². The number of hydrogen-bond donors (Lipinski definition) is 6. The maximum absolute atomic E-state index is 13.1. The van der Waals surface area contributed by atoms with Crippen molar-refractivity contribution in [2.45, 2.75) is 55.9 Å². The molecule has 2 heterocycles. The van der Waals surface area contributed by atoms with Gasteiger partial charge >= 0.3 is 18.2 Å². The molecule has 16 nitrogen and oxygen atoms in total. The Balaban J connectivity index is 0.000000238. The van der Waals surface area contributed by atoms with Crippen molar-refractivity contribution < 1.29 is 43.3 Å². The van der Waals surface area contributed by atoms with Crippen LogP contribution >= 0.6 is 80.7 Å². The van der Waals surface area contributed by atoms with Crippen LogP contribution in [0.25, 0.3) is 22.3 Å². The first-order chi connectivity index (χ1) is 39.7. The Bertz CT molecular complexity index is 3520. The maximum Gasteiger partial charge on any atom is 0.407 e. The van der Waals surface area contributed by atoms with Crippen LogP contribution in [0.4, 0.5) is 19.6 Å². The van der Waals surface area contributed by atoms with Crippen molar-refractivity contribution in [1.82, 2.24) is 16.8 Å². The minimum atomic E-state index is -1.10. The molecular formula is C61H56Cl5N7O9S2. The smallest absolute Gasteiger partial charge is 0.407 e. The quantitative estimate of drug-likeness (QED) is 0.0356. The first-order valence-electron chi connectivity index (χ1n) is 25.1. The van der Waals surface area contributed by atoms with Crippen molar-refractivity contribution in [2.75, 3.05) is 24.3 Å². The second-order valence-electron chi connectivity index (χ2n) is 18.4. The van der Waals surface area contributed by atoms with Gasteiger partial charge in [-0.25, -0.2) is 9.59 Å². The summed E-state index contributed by atoms with van der Waals surface area (Å²) in [6, 6.07) is 43.8. The van der Waals surface area contributed by atoms with Gasteiger partial charge in [0.1, 0.15) is 30.3 Å². The van der Waals surface area contributed by atoms with Crippen LogP contribution in [-0.2, 0) is 19.1 Å². The van der Waals surface area contributed by atoms with Crippen molar-refractivity contribution >= 4 is 126 Å². The van der Waals surface area contributed by atoms with Crippen molar-refractivity contribution in [3.05, 3.63) is 222 Å². The molecule has 0 radical (unpaired) electrons. The largest absolute Gasteiger partial charge is 0.480 e. The molecule has 0 fully saturated rings. The number of amides is 3. The summed E-state index contributed by atoms with van der Waals surface area (Å²) < 4.78 is 10.0. The molecule has 436 valence electrons. The Morgan fingerprint density at radius 1 is 0.560 bits per heavy atom. The Kier molecular flexibility index (Phi) is 25.3. The number of carbonyl (C=O) groups is 6. The number of thiophene rings is 2. The molecule has 23 heteroatoms. The van der Waals surface area contributed by atoms with E-state index in [1.165, 1.54) is 29.6 Å². The summed E-state index contributed by atoms with van der Waals surface area (Å²) in [5.74, 6) is -1.93. The lowest BCUT2D eigenvalue weighted by Crippen LogP contribution is -2.42. The van der Waals surface area contributed by atoms with Crippen molar-refractivity contribution in [2.24, 2.45) is 0 Å². The lowest BCUT2D eigenvalue weighted by molar-refractivity contribution is -0.138. The molecule has 0 saturated carbocycles. The number of ether oxygens (including phenoxy) is 2. The van der Waals surface area contributed by atoms with E-state index in [2.05, 4.69) is 40.2 Å². The Labute approximate surface area is 518 Å². The summed E-state index contributed by atoms with van der Waals surface area (Å²) in [5, 5.41) is 34.3. The Hall–Kier alpha value is -7.83. The minimum Gasteiger partial charge on any atom is -0.480 e. The predicted octanol–water partition coefficient (Wildman–Crippen LogP) is 15.5. The van der Waals surface area contributed by atoms with Crippen LogP contribution < -0.4 is 27.8 Å². The van der Waals surface area contributed by atoms with Crippen LogP contribution in [0, 0.1) is 24.6 Å². The molecule has 2 aliphatic rings. The highest BCUT2D eigenvalue weighted by Crippen LogP contribution is 2.46. The van der Waals surface area contributed by atoms with E-state index in [1.54, 1.807) is 55.5 Å². The molecule has 0 spiro atoms. The molecule has 9 N–H and O–H groups in total. The number of nitrogens with one attached hydrogen (secondary N) is 3. The Morgan fingerprint density at radius 3 is 1.25 bits per heavy atom. The van der Waals surface area contributed by atoms with E-state index in [1.807, 2.05) is 97.4 Å². The fourth-order valence-corrected chi connectivity index (χ4v) is 11.0. The third-order valence-corrected chi connectivity index (χ3v) is 15.4. The lowest BCUT2D eigenvalue weighted by Gasteiger charge is -2.17. The van der Waals surface area contributed by atoms with Crippen LogP contribution in [0.3, 0.4) is 0 Å². The number of benzene rings is 6. The van der Waals surface area contributed by atoms with E-state index in [9.17, 15) is 28.8 Å². The molecule has 8 aromatic rings. The number of aryl methyl sites for hydroxylation is 2. The number of nitrogen functional groups attached to an aromatic ring is 1. The standard InChI is InChI=1S/C30H25ClN2O4S.C18H17NO4.C12H10ClNOS.CHCl3.N2.H3N/c1-17-16-38-29(26(17)27(34)19-11-13-20(31)14-12-19)33-28(35)18(2)32-30(36)37-15-25-23-9-5-3-7-21(23)22-8-4-6-10-24(22)25;1-11(17(20)21)19-18(22)23-10-16-14-8-4-2-6-12(14)13-7-3-5-9-15(13)16;1-7-6-16-12(14)10(7)11(15)8-2-4-9(13)5-3-8;2-1(3)4;1-2;/h3-14,16,18,25H,15H2,1-2H3,(H,32,36)(H,33,35);2-9,11,16H,10H2,1H3,(H,19,22)(H,20,21);2-6H,14H2,1H3;1H;;1H3/t18-;11-;;;;/m00..../s1. The molecule has 0 aliphatic heterocycles. The number of hydrogen-bond acceptors (Lipinski definition) is 14. The fraction of sp³-hybridized carbons (Fsp3) is 0.180. The van der Waals surface area contributed by atoms with E-state index in [4.69, 9.17) is 89.1 Å². The zero-order chi connectivity index (χ0) is 60.5. The number of fused-ring (bicyclic) bond motifs is 6. The van der Waals surface area contributed by atoms with Gasteiger partial charge in [0.25, 0.3) is 0 Å². The molecular weight excluding hydrogens is 1220 g/mol. The number of alkyl carbamates (subject to hydrolysis) is 2. The monoisotopic (exact) mass is 1270 g/mol. The number of carboxylic acids is 1. The summed E-state index contributed by atoms with van der Waals surface area (Å²) >= 11 is 28.8. The fourth-order valence-electron chi connectivity index (χ4n) is 9.05. The van der Waals surface area contributed by atoms with Gasteiger partial charge in [-0.3, -0.25) is 19.2 Å². The Morgan fingerprint density at radius 2 is 0.893 bits per heavy atom. The van der Waals surface area contributed by atoms with Crippen LogP contribution in [0.5, 0.6) is 0 Å². The highest BCUT2D eigenvalue weighted by atomic mass is 35.6. The number of alkyl halides is 3. The molecule has 0 saturated heterocycles. The van der Waals surface area contributed by atoms with E-state index >= 15 is 0 Å². The molecule has 84 heavy (non-hydrogen) atoms. The number of ketones is 2. The van der Waals surface area contributed by atoms with Gasteiger partial charge < -0.3 is 42.4 Å². The van der Waals surface area contributed by atoms with Crippen LogP contribution in [0.1, 0.15) is 90.9 Å². The molecule has 0 unspecified atom stereocenters. The summed E-state index contributed by atoms with van der Waals surface area (Å²) in [4.78, 5) is 73.2. The third-order valence-electron chi connectivity index (χ3n) is 13.0. The molecule has 2 aliphatic carbocycles. The van der Waals surface area contributed by atoms with Crippen LogP contribution in [0.15, 0.2) is 156 Å². The van der Waals surface area contributed by atoms with Crippen molar-refractivity contribution in [3.8, 4) is 22.3 Å². The normalized spacial score (nSPS) is 12.0. The molecule has 3 amide bonds. The summed E-state index contributed by atoms with van der Waals surface area (Å²) in [5.41, 5.74) is 18.6. The number of nitrogens with zero attached hydrogens (tertiary/aromatic N) is 2. The van der Waals surface area contributed by atoms with Crippen molar-refractivity contribution in [3.63, 3.8) is 0 Å². The number of aliphatic carboxylic acids is 1. The van der Waals surface area contributed by atoms with Gasteiger partial charge in [-0.15, -0.1) is 22.7 Å². The zero-order valence-electron chi connectivity index (χ0n) is 45.4. The average molecular weight is 1270 g/mol. The topological polar surface area (TPSA) is 286 Å². The molecule has 2 aromatic heterocycles. The molecule has 0 bridgehead atoms. The second-order valence-corrected chi connectivity index (χ2v) is 23.1. The van der Waals surface area contributed by atoms with Crippen LogP contribution in [-0.4, -0.2) is 70.3 Å². The number of carbonyl (C=O) groups excluding carboxylic acids is 5. The van der Waals surface area contributed by atoms with Crippen LogP contribution in [0.2, 0.25) is 10.0 Å². The third kappa shape index (κ3) is 17.1. The van der Waals surface area contributed by atoms with E-state index in [0.29, 0.717) is 42.3 Å². The first kappa shape index (κ1) is 67.0. The zero-order valence-corrected chi connectivity index (χ0v) is 50.8. The van der Waals surface area contributed by atoms with Gasteiger partial charge in [-0.1, -0.05) is 155 Å². The summed E-state index contributed by atoms with van der Waals surface area (Å²) in [6.07, 6.45) is -1.41. The minimum absolute atomic E-state index is 0. The SMILES string of the molecule is C[C@H](NC(=O)OCC1c2ccccc2-c2ccccc21)C(=O)O.Cc1csc(N)c1C(=O)c1ccc(Cl)cc1.Cc1csc(NC(=O)[C@H](C)NC(=O)OCC2c3ccccc3-c3ccccc32)c1C(=O)c1ccc(Cl)cc1.ClC(Cl)Cl.N.N#N. The number of carboxylic acid groups (broad SMARTS) is 1. The maximum atomic E-state index is 13.1.